The Morgan fingerprint density at radius 3 is 2.20 bits per heavy atom. The molecule has 0 aliphatic carbocycles. The molecule has 2 rings (SSSR count). The molecule has 2 aromatic rings. The molecule has 0 fully saturated rings. The van der Waals surface area contributed by atoms with E-state index in [2.05, 4.69) is 21.2 Å². The second kappa shape index (κ2) is 5.58. The highest BCUT2D eigenvalue weighted by atomic mass is 79.9. The summed E-state index contributed by atoms with van der Waals surface area (Å²) in [6, 6.07) is 7.18. The molecular weight excluding hydrogens is 327 g/mol. The summed E-state index contributed by atoms with van der Waals surface area (Å²) in [5.41, 5.74) is 2.87. The number of anilines is 2. The van der Waals surface area contributed by atoms with Crippen molar-refractivity contribution in [1.82, 2.24) is 0 Å². The van der Waals surface area contributed by atoms with Crippen LogP contribution < -0.4 is 5.32 Å². The third-order valence-electron chi connectivity index (χ3n) is 2.82. The van der Waals surface area contributed by atoms with Crippen LogP contribution in [0.4, 0.5) is 21.5 Å². The fourth-order valence-electron chi connectivity index (χ4n) is 1.94. The number of halogens is 2. The molecule has 0 amide bonds. The smallest absolute Gasteiger partial charge is 0.274 e. The van der Waals surface area contributed by atoms with Gasteiger partial charge in [0.1, 0.15) is 5.82 Å². The number of nitro groups is 1. The Labute approximate surface area is 123 Å². The molecule has 104 valence electrons. The highest BCUT2D eigenvalue weighted by Crippen LogP contribution is 2.28. The minimum atomic E-state index is -0.646. The third-order valence-corrected chi connectivity index (χ3v) is 4.07. The minimum absolute atomic E-state index is 0.280. The number of rotatable bonds is 3. The molecule has 20 heavy (non-hydrogen) atoms. The van der Waals surface area contributed by atoms with Gasteiger partial charge in [-0.05, 0) is 43.2 Å². The first kappa shape index (κ1) is 14.5. The van der Waals surface area contributed by atoms with Gasteiger partial charge in [0.15, 0.2) is 0 Å². The zero-order valence-corrected chi connectivity index (χ0v) is 12.5. The van der Waals surface area contributed by atoms with Crippen LogP contribution in [0.25, 0.3) is 0 Å². The Kier molecular flexibility index (Phi) is 4.04. The molecule has 0 bridgehead atoms. The summed E-state index contributed by atoms with van der Waals surface area (Å²) in [7, 11) is 0. The van der Waals surface area contributed by atoms with E-state index in [1.807, 2.05) is 26.0 Å². The van der Waals surface area contributed by atoms with Gasteiger partial charge in [-0.15, -0.1) is 0 Å². The summed E-state index contributed by atoms with van der Waals surface area (Å²) in [5, 5.41) is 13.7. The van der Waals surface area contributed by atoms with Crippen molar-refractivity contribution < 1.29 is 9.31 Å². The largest absolute Gasteiger partial charge is 0.355 e. The second-order valence-electron chi connectivity index (χ2n) is 4.50. The van der Waals surface area contributed by atoms with Crippen LogP contribution in [0, 0.1) is 29.8 Å². The maximum absolute atomic E-state index is 13.4. The number of non-ortho nitro benzene ring substituents is 1. The summed E-state index contributed by atoms with van der Waals surface area (Å²) < 4.78 is 14.4. The molecule has 0 unspecified atom stereocenters. The number of hydrogen-bond acceptors (Lipinski definition) is 3. The lowest BCUT2D eigenvalue weighted by molar-refractivity contribution is -0.385. The van der Waals surface area contributed by atoms with E-state index in [-0.39, 0.29) is 5.69 Å². The molecule has 6 heteroatoms. The lowest BCUT2D eigenvalue weighted by atomic mass is 10.1. The van der Waals surface area contributed by atoms with Crippen molar-refractivity contribution in [3.05, 3.63) is 61.9 Å². The Balaban J connectivity index is 2.37. The van der Waals surface area contributed by atoms with Crippen molar-refractivity contribution in [2.75, 3.05) is 5.32 Å². The van der Waals surface area contributed by atoms with Gasteiger partial charge in [-0.1, -0.05) is 15.9 Å². The van der Waals surface area contributed by atoms with Crippen LogP contribution in [0.15, 0.2) is 34.8 Å². The van der Waals surface area contributed by atoms with E-state index in [0.29, 0.717) is 5.69 Å². The summed E-state index contributed by atoms with van der Waals surface area (Å²) >= 11 is 3.46. The SMILES string of the molecule is Cc1cc(Nc2cc(F)cc([N+](=O)[O-])c2)cc(C)c1Br. The minimum Gasteiger partial charge on any atom is -0.355 e. The number of nitrogens with one attached hydrogen (secondary N) is 1. The highest BCUT2D eigenvalue weighted by Gasteiger charge is 2.10. The number of nitro benzene ring substituents is 1. The number of benzene rings is 2. The fourth-order valence-corrected chi connectivity index (χ4v) is 2.17. The van der Waals surface area contributed by atoms with Crippen molar-refractivity contribution in [3.63, 3.8) is 0 Å². The molecule has 0 radical (unpaired) electrons. The van der Waals surface area contributed by atoms with Crippen molar-refractivity contribution in [2.24, 2.45) is 0 Å². The zero-order chi connectivity index (χ0) is 14.9. The van der Waals surface area contributed by atoms with Gasteiger partial charge in [-0.25, -0.2) is 4.39 Å². The Hall–Kier alpha value is -1.95. The van der Waals surface area contributed by atoms with Crippen LogP contribution in [0.5, 0.6) is 0 Å². The molecule has 1 N–H and O–H groups in total. The lowest BCUT2D eigenvalue weighted by Gasteiger charge is -2.10. The first-order valence-corrected chi connectivity index (χ1v) is 6.65. The van der Waals surface area contributed by atoms with E-state index >= 15 is 0 Å². The molecule has 2 aromatic carbocycles. The highest BCUT2D eigenvalue weighted by molar-refractivity contribution is 9.10. The third kappa shape index (κ3) is 3.14. The molecule has 0 saturated carbocycles. The van der Waals surface area contributed by atoms with Gasteiger partial charge in [-0.2, -0.15) is 0 Å². The monoisotopic (exact) mass is 338 g/mol. The summed E-state index contributed by atoms with van der Waals surface area (Å²) in [6.45, 7) is 3.88. The lowest BCUT2D eigenvalue weighted by Crippen LogP contribution is -1.96. The molecule has 0 saturated heterocycles. The van der Waals surface area contributed by atoms with Gasteiger partial charge >= 0.3 is 0 Å². The molecule has 0 spiro atoms. The first-order valence-electron chi connectivity index (χ1n) is 5.85. The second-order valence-corrected chi connectivity index (χ2v) is 5.30. The van der Waals surface area contributed by atoms with Gasteiger partial charge < -0.3 is 5.32 Å². The van der Waals surface area contributed by atoms with Gasteiger partial charge in [-0.3, -0.25) is 10.1 Å². The van der Waals surface area contributed by atoms with Crippen molar-refractivity contribution >= 4 is 33.0 Å². The molecule has 0 heterocycles. The number of aryl methyl sites for hydroxylation is 2. The maximum Gasteiger partial charge on any atom is 0.274 e. The van der Waals surface area contributed by atoms with Crippen molar-refractivity contribution in [1.29, 1.82) is 0 Å². The molecule has 0 aliphatic rings. The van der Waals surface area contributed by atoms with Crippen LogP contribution >= 0.6 is 15.9 Å². The van der Waals surface area contributed by atoms with Crippen molar-refractivity contribution in [2.45, 2.75) is 13.8 Å². The standard InChI is InChI=1S/C14H12BrFN2O2/c1-8-3-11(4-9(2)14(8)15)17-12-5-10(16)6-13(7-12)18(19)20/h3-7,17H,1-2H3. The predicted molar refractivity (Wildman–Crippen MR) is 80.0 cm³/mol. The van der Waals surface area contributed by atoms with E-state index in [4.69, 9.17) is 0 Å². The summed E-state index contributed by atoms with van der Waals surface area (Å²) in [4.78, 5) is 10.1. The first-order chi connectivity index (χ1) is 9.36. The Morgan fingerprint density at radius 2 is 1.65 bits per heavy atom. The topological polar surface area (TPSA) is 55.2 Å². The Morgan fingerprint density at radius 1 is 1.10 bits per heavy atom. The molecular formula is C14H12BrFN2O2. The molecule has 4 nitrogen and oxygen atoms in total. The average Bonchev–Trinajstić information content (AvgIpc) is 2.35. The van der Waals surface area contributed by atoms with Gasteiger partial charge in [0.05, 0.1) is 11.0 Å². The van der Waals surface area contributed by atoms with Crippen LogP contribution in [-0.4, -0.2) is 4.92 Å². The van der Waals surface area contributed by atoms with Crippen LogP contribution in [0.3, 0.4) is 0 Å². The van der Waals surface area contributed by atoms with Gasteiger partial charge in [0, 0.05) is 21.9 Å². The predicted octanol–water partition coefficient (Wildman–Crippen LogP) is 4.86. The average molecular weight is 339 g/mol. The van der Waals surface area contributed by atoms with Crippen LogP contribution in [0.1, 0.15) is 11.1 Å². The Bertz CT molecular complexity index is 666. The van der Waals surface area contributed by atoms with Gasteiger partial charge in [0.25, 0.3) is 5.69 Å². The molecule has 0 atom stereocenters. The maximum atomic E-state index is 13.4. The fraction of sp³-hybridized carbons (Fsp3) is 0.143. The van der Waals surface area contributed by atoms with Gasteiger partial charge in [0.2, 0.25) is 0 Å². The number of hydrogen-bond donors (Lipinski definition) is 1. The molecule has 0 aliphatic heterocycles. The van der Waals surface area contributed by atoms with Crippen LogP contribution in [-0.2, 0) is 0 Å². The van der Waals surface area contributed by atoms with Crippen molar-refractivity contribution in [3.8, 4) is 0 Å². The summed E-state index contributed by atoms with van der Waals surface area (Å²) in [6.07, 6.45) is 0. The zero-order valence-electron chi connectivity index (χ0n) is 10.9. The van der Waals surface area contributed by atoms with E-state index in [0.717, 1.165) is 27.4 Å². The number of nitrogens with zero attached hydrogens (tertiary/aromatic N) is 1. The van der Waals surface area contributed by atoms with E-state index in [1.54, 1.807) is 0 Å². The molecule has 0 aromatic heterocycles. The summed E-state index contributed by atoms with van der Waals surface area (Å²) in [5.74, 6) is -0.646. The van der Waals surface area contributed by atoms with E-state index in [9.17, 15) is 14.5 Å². The van der Waals surface area contributed by atoms with E-state index in [1.165, 1.54) is 12.1 Å². The quantitative estimate of drug-likeness (QED) is 0.642. The normalized spacial score (nSPS) is 10.4. The van der Waals surface area contributed by atoms with Crippen LogP contribution in [0.2, 0.25) is 0 Å². The van der Waals surface area contributed by atoms with E-state index < -0.39 is 10.7 Å².